The second-order valence-corrected chi connectivity index (χ2v) is 3.21. The van der Waals surface area contributed by atoms with E-state index in [1.165, 1.54) is 19.2 Å². The summed E-state index contributed by atoms with van der Waals surface area (Å²) in [6, 6.07) is 2.23. The van der Waals surface area contributed by atoms with Gasteiger partial charge in [0.2, 0.25) is 0 Å². The van der Waals surface area contributed by atoms with Crippen LogP contribution in [0.15, 0.2) is 12.1 Å². The molecule has 0 heterocycles. The van der Waals surface area contributed by atoms with Gasteiger partial charge in [-0.25, -0.2) is 4.39 Å². The monoisotopic (exact) mass is 203 g/mol. The SMILES string of the molecule is COc1c(Cl)cc(F)cc1[C@@H](C)N. The summed E-state index contributed by atoms with van der Waals surface area (Å²) in [5.41, 5.74) is 6.20. The maximum atomic E-state index is 12.9. The highest BCUT2D eigenvalue weighted by atomic mass is 35.5. The molecule has 0 bridgehead atoms. The van der Waals surface area contributed by atoms with Crippen molar-refractivity contribution in [3.05, 3.63) is 28.5 Å². The van der Waals surface area contributed by atoms with Gasteiger partial charge < -0.3 is 10.5 Å². The third kappa shape index (κ3) is 2.11. The molecule has 13 heavy (non-hydrogen) atoms. The van der Waals surface area contributed by atoms with Crippen molar-refractivity contribution in [1.29, 1.82) is 0 Å². The minimum Gasteiger partial charge on any atom is -0.495 e. The molecular weight excluding hydrogens is 193 g/mol. The van der Waals surface area contributed by atoms with E-state index in [-0.39, 0.29) is 11.1 Å². The van der Waals surface area contributed by atoms with Crippen LogP contribution in [0.2, 0.25) is 5.02 Å². The lowest BCUT2D eigenvalue weighted by atomic mass is 10.1. The second kappa shape index (κ2) is 3.94. The summed E-state index contributed by atoms with van der Waals surface area (Å²) in [6.07, 6.45) is 0. The summed E-state index contributed by atoms with van der Waals surface area (Å²) in [6.45, 7) is 1.74. The van der Waals surface area contributed by atoms with E-state index >= 15 is 0 Å². The van der Waals surface area contributed by atoms with Crippen LogP contribution in [0.1, 0.15) is 18.5 Å². The molecule has 0 unspecified atom stereocenters. The van der Waals surface area contributed by atoms with Gasteiger partial charge in [-0.05, 0) is 19.1 Å². The van der Waals surface area contributed by atoms with Crippen molar-refractivity contribution in [2.45, 2.75) is 13.0 Å². The van der Waals surface area contributed by atoms with Crippen molar-refractivity contribution >= 4 is 11.6 Å². The van der Waals surface area contributed by atoms with Crippen LogP contribution in [0, 0.1) is 5.82 Å². The van der Waals surface area contributed by atoms with Crippen LogP contribution in [-0.4, -0.2) is 7.11 Å². The number of hydrogen-bond acceptors (Lipinski definition) is 2. The van der Waals surface area contributed by atoms with Crippen LogP contribution in [0.5, 0.6) is 5.75 Å². The van der Waals surface area contributed by atoms with E-state index in [1.807, 2.05) is 0 Å². The maximum absolute atomic E-state index is 12.9. The molecule has 1 aromatic rings. The Balaban J connectivity index is 3.29. The first-order valence-corrected chi connectivity index (χ1v) is 4.22. The van der Waals surface area contributed by atoms with Crippen molar-refractivity contribution in [2.24, 2.45) is 5.73 Å². The van der Waals surface area contributed by atoms with Crippen LogP contribution < -0.4 is 10.5 Å². The molecule has 0 aliphatic carbocycles. The van der Waals surface area contributed by atoms with E-state index in [4.69, 9.17) is 22.1 Å². The third-order valence-electron chi connectivity index (χ3n) is 1.73. The van der Waals surface area contributed by atoms with Crippen LogP contribution in [-0.2, 0) is 0 Å². The number of hydrogen-bond donors (Lipinski definition) is 1. The highest BCUT2D eigenvalue weighted by molar-refractivity contribution is 6.32. The third-order valence-corrected chi connectivity index (χ3v) is 2.01. The van der Waals surface area contributed by atoms with Gasteiger partial charge in [-0.15, -0.1) is 0 Å². The van der Waals surface area contributed by atoms with Gasteiger partial charge in [-0.3, -0.25) is 0 Å². The minimum absolute atomic E-state index is 0.245. The molecule has 0 saturated carbocycles. The lowest BCUT2D eigenvalue weighted by Crippen LogP contribution is -2.07. The first kappa shape index (κ1) is 10.3. The van der Waals surface area contributed by atoms with Crippen molar-refractivity contribution in [2.75, 3.05) is 7.11 Å². The predicted octanol–water partition coefficient (Wildman–Crippen LogP) is 2.51. The molecule has 2 N–H and O–H groups in total. The Morgan fingerprint density at radius 3 is 2.62 bits per heavy atom. The fourth-order valence-corrected chi connectivity index (χ4v) is 1.42. The predicted molar refractivity (Wildman–Crippen MR) is 50.6 cm³/mol. The molecule has 1 rings (SSSR count). The number of benzene rings is 1. The molecule has 0 aliphatic rings. The highest BCUT2D eigenvalue weighted by Crippen LogP contribution is 2.32. The Bertz CT molecular complexity index is 315. The normalized spacial score (nSPS) is 12.7. The molecule has 0 aliphatic heterocycles. The van der Waals surface area contributed by atoms with Gasteiger partial charge in [0.15, 0.2) is 0 Å². The molecular formula is C9H11ClFNO. The maximum Gasteiger partial charge on any atom is 0.142 e. The fourth-order valence-electron chi connectivity index (χ4n) is 1.13. The number of rotatable bonds is 2. The van der Waals surface area contributed by atoms with Gasteiger partial charge in [0.1, 0.15) is 11.6 Å². The number of ether oxygens (including phenoxy) is 1. The Hall–Kier alpha value is -0.800. The summed E-state index contributed by atoms with van der Waals surface area (Å²) in [7, 11) is 1.48. The summed E-state index contributed by atoms with van der Waals surface area (Å²) < 4.78 is 17.9. The number of nitrogens with two attached hydrogens (primary N) is 1. The Labute approximate surface area is 81.4 Å². The summed E-state index contributed by atoms with van der Waals surface area (Å²) in [5.74, 6) is 0.0381. The number of methoxy groups -OCH3 is 1. The lowest BCUT2D eigenvalue weighted by Gasteiger charge is -2.12. The second-order valence-electron chi connectivity index (χ2n) is 2.80. The molecule has 1 atom stereocenters. The first-order chi connectivity index (χ1) is 6.06. The molecule has 0 amide bonds. The van der Waals surface area contributed by atoms with Gasteiger partial charge in [-0.1, -0.05) is 11.6 Å². The van der Waals surface area contributed by atoms with Crippen molar-refractivity contribution in [3.8, 4) is 5.75 Å². The molecule has 4 heteroatoms. The van der Waals surface area contributed by atoms with Gasteiger partial charge in [0.05, 0.1) is 12.1 Å². The van der Waals surface area contributed by atoms with E-state index in [2.05, 4.69) is 0 Å². The quantitative estimate of drug-likeness (QED) is 0.802. The molecule has 0 saturated heterocycles. The summed E-state index contributed by atoms with van der Waals surface area (Å²) in [5, 5.41) is 0.245. The minimum atomic E-state index is -0.405. The molecule has 1 aromatic carbocycles. The zero-order valence-corrected chi connectivity index (χ0v) is 8.23. The van der Waals surface area contributed by atoms with E-state index in [9.17, 15) is 4.39 Å². The zero-order valence-electron chi connectivity index (χ0n) is 7.47. The Morgan fingerprint density at radius 2 is 2.15 bits per heavy atom. The van der Waals surface area contributed by atoms with Crippen LogP contribution in [0.3, 0.4) is 0 Å². The van der Waals surface area contributed by atoms with Gasteiger partial charge >= 0.3 is 0 Å². The standard InChI is InChI=1S/C9H11ClFNO/c1-5(12)7-3-6(11)4-8(10)9(7)13-2/h3-5H,12H2,1-2H3/t5-/m1/s1. The molecule has 0 fully saturated rings. The molecule has 0 aromatic heterocycles. The Kier molecular flexibility index (Phi) is 3.12. The van der Waals surface area contributed by atoms with Gasteiger partial charge in [0, 0.05) is 11.6 Å². The van der Waals surface area contributed by atoms with Crippen LogP contribution in [0.4, 0.5) is 4.39 Å². The number of halogens is 2. The van der Waals surface area contributed by atoms with Crippen LogP contribution in [0.25, 0.3) is 0 Å². The first-order valence-electron chi connectivity index (χ1n) is 3.84. The molecule has 0 spiro atoms. The lowest BCUT2D eigenvalue weighted by molar-refractivity contribution is 0.405. The van der Waals surface area contributed by atoms with Crippen LogP contribution >= 0.6 is 11.6 Å². The highest BCUT2D eigenvalue weighted by Gasteiger charge is 2.13. The van der Waals surface area contributed by atoms with Crippen molar-refractivity contribution < 1.29 is 9.13 Å². The van der Waals surface area contributed by atoms with E-state index in [0.717, 1.165) is 0 Å². The van der Waals surface area contributed by atoms with Crippen molar-refractivity contribution in [1.82, 2.24) is 0 Å². The van der Waals surface area contributed by atoms with Crippen molar-refractivity contribution in [3.63, 3.8) is 0 Å². The largest absolute Gasteiger partial charge is 0.495 e. The van der Waals surface area contributed by atoms with E-state index < -0.39 is 5.82 Å². The molecule has 72 valence electrons. The summed E-state index contributed by atoms with van der Waals surface area (Å²) >= 11 is 5.76. The fraction of sp³-hybridized carbons (Fsp3) is 0.333. The average molecular weight is 204 g/mol. The van der Waals surface area contributed by atoms with E-state index in [1.54, 1.807) is 6.92 Å². The average Bonchev–Trinajstić information content (AvgIpc) is 2.02. The van der Waals surface area contributed by atoms with E-state index in [0.29, 0.717) is 11.3 Å². The zero-order chi connectivity index (χ0) is 10.0. The molecule has 0 radical (unpaired) electrons. The summed E-state index contributed by atoms with van der Waals surface area (Å²) in [4.78, 5) is 0. The Morgan fingerprint density at radius 1 is 1.54 bits per heavy atom. The van der Waals surface area contributed by atoms with Gasteiger partial charge in [0.25, 0.3) is 0 Å². The molecule has 2 nitrogen and oxygen atoms in total. The van der Waals surface area contributed by atoms with Gasteiger partial charge in [-0.2, -0.15) is 0 Å². The smallest absolute Gasteiger partial charge is 0.142 e. The topological polar surface area (TPSA) is 35.2 Å².